The van der Waals surface area contributed by atoms with Crippen LogP contribution < -0.4 is 16.0 Å². The number of hydrogen-bond donors (Lipinski definition) is 4. The van der Waals surface area contributed by atoms with E-state index >= 15 is 0 Å². The van der Waals surface area contributed by atoms with Gasteiger partial charge in [-0.2, -0.15) is 13.2 Å². The highest BCUT2D eigenvalue weighted by Gasteiger charge is 2.34. The largest absolute Gasteiger partial charge is 0.434 e. The van der Waals surface area contributed by atoms with Crippen LogP contribution in [0.25, 0.3) is 5.57 Å². The second-order valence-electron chi connectivity index (χ2n) is 7.11. The zero-order valence-electron chi connectivity index (χ0n) is 15.7. The average Bonchev–Trinajstić information content (AvgIpc) is 3.14. The van der Waals surface area contributed by atoms with Gasteiger partial charge in [0.1, 0.15) is 10.8 Å². The lowest BCUT2D eigenvalue weighted by Gasteiger charge is -2.32. The first-order chi connectivity index (χ1) is 13.4. The molecule has 156 valence electrons. The monoisotopic (exact) mass is 417 g/mol. The molecule has 1 atom stereocenters. The van der Waals surface area contributed by atoms with E-state index in [2.05, 4.69) is 32.9 Å². The minimum atomic E-state index is -4.47. The zero-order chi connectivity index (χ0) is 20.1. The molecule has 1 fully saturated rings. The molecule has 0 bridgehead atoms. The first kappa shape index (κ1) is 21.1. The van der Waals surface area contributed by atoms with Crippen LogP contribution in [-0.2, 0) is 6.18 Å². The molecule has 6 nitrogen and oxygen atoms in total. The molecule has 0 amide bonds. The Bertz CT molecular complexity index is 710. The quantitative estimate of drug-likeness (QED) is 0.513. The molecule has 4 N–H and O–H groups in total. The maximum absolute atomic E-state index is 12.9. The van der Waals surface area contributed by atoms with Crippen LogP contribution in [0.2, 0.25) is 0 Å². The number of hydrogen-bond acceptors (Lipinski definition) is 7. The Hall–Kier alpha value is -1.65. The van der Waals surface area contributed by atoms with E-state index in [1.54, 1.807) is 6.21 Å². The topological polar surface area (TPSA) is 81.6 Å². The van der Waals surface area contributed by atoms with Gasteiger partial charge in [0.05, 0.1) is 11.7 Å². The second kappa shape index (κ2) is 9.23. The fraction of sp³-hybridized carbons (Fsp3) is 0.667. The smallest absolute Gasteiger partial charge is 0.393 e. The van der Waals surface area contributed by atoms with Crippen LogP contribution in [0, 0.1) is 0 Å². The number of nitrogens with one attached hydrogen (secondary N) is 3. The summed E-state index contributed by atoms with van der Waals surface area (Å²) in [5, 5.41) is 20.9. The highest BCUT2D eigenvalue weighted by Crippen LogP contribution is 2.32. The van der Waals surface area contributed by atoms with Gasteiger partial charge in [0.2, 0.25) is 0 Å². The van der Waals surface area contributed by atoms with E-state index in [-0.39, 0.29) is 23.4 Å². The molecule has 1 saturated carbocycles. The Morgan fingerprint density at radius 3 is 2.68 bits per heavy atom. The van der Waals surface area contributed by atoms with Gasteiger partial charge in [-0.3, -0.25) is 10.3 Å². The fourth-order valence-corrected chi connectivity index (χ4v) is 4.06. The van der Waals surface area contributed by atoms with Gasteiger partial charge in [-0.1, -0.05) is 13.3 Å². The summed E-state index contributed by atoms with van der Waals surface area (Å²) in [4.78, 5) is 8.15. The van der Waals surface area contributed by atoms with Crippen molar-refractivity contribution >= 4 is 23.1 Å². The number of rotatable bonds is 7. The maximum Gasteiger partial charge on any atom is 0.434 e. The summed E-state index contributed by atoms with van der Waals surface area (Å²) in [5.74, 6) is 0.633. The van der Waals surface area contributed by atoms with E-state index in [1.807, 2.05) is 0 Å². The van der Waals surface area contributed by atoms with Crippen LogP contribution in [0.15, 0.2) is 16.2 Å². The SMILES string of the molecule is CCCCNC1N=CC(c2nc(C(F)(F)F)cs2)=C(NC2CCC(O)CC2)N1. The van der Waals surface area contributed by atoms with E-state index in [0.29, 0.717) is 24.2 Å². The summed E-state index contributed by atoms with van der Waals surface area (Å²) >= 11 is 0.951. The lowest BCUT2D eigenvalue weighted by Crippen LogP contribution is -2.48. The van der Waals surface area contributed by atoms with Crippen molar-refractivity contribution in [2.45, 2.75) is 70.1 Å². The average molecular weight is 418 g/mol. The van der Waals surface area contributed by atoms with Crippen LogP contribution in [0.5, 0.6) is 0 Å². The van der Waals surface area contributed by atoms with Crippen LogP contribution >= 0.6 is 11.3 Å². The molecular weight excluding hydrogens is 391 g/mol. The molecular formula is C18H26F3N5OS. The predicted molar refractivity (Wildman–Crippen MR) is 104 cm³/mol. The third-order valence-corrected chi connectivity index (χ3v) is 5.72. The van der Waals surface area contributed by atoms with Gasteiger partial charge >= 0.3 is 6.18 Å². The molecule has 0 aromatic carbocycles. The van der Waals surface area contributed by atoms with E-state index in [4.69, 9.17) is 0 Å². The van der Waals surface area contributed by atoms with Gasteiger partial charge in [0.25, 0.3) is 0 Å². The number of halogens is 3. The van der Waals surface area contributed by atoms with Crippen molar-refractivity contribution in [3.05, 3.63) is 21.9 Å². The van der Waals surface area contributed by atoms with Crippen molar-refractivity contribution in [1.82, 2.24) is 20.9 Å². The zero-order valence-corrected chi connectivity index (χ0v) is 16.5. The molecule has 0 saturated heterocycles. The van der Waals surface area contributed by atoms with Crippen LogP contribution in [0.3, 0.4) is 0 Å². The molecule has 2 aliphatic rings. The summed E-state index contributed by atoms with van der Waals surface area (Å²) < 4.78 is 38.8. The Kier molecular flexibility index (Phi) is 6.95. The van der Waals surface area contributed by atoms with Crippen molar-refractivity contribution < 1.29 is 18.3 Å². The minimum Gasteiger partial charge on any atom is -0.393 e. The first-order valence-electron chi connectivity index (χ1n) is 9.62. The molecule has 0 radical (unpaired) electrons. The summed E-state index contributed by atoms with van der Waals surface area (Å²) in [5.41, 5.74) is -0.364. The van der Waals surface area contributed by atoms with Gasteiger partial charge in [-0.15, -0.1) is 11.3 Å². The van der Waals surface area contributed by atoms with E-state index in [9.17, 15) is 18.3 Å². The molecule has 10 heteroatoms. The number of nitrogens with zero attached hydrogens (tertiary/aromatic N) is 2. The third kappa shape index (κ3) is 5.45. The lowest BCUT2D eigenvalue weighted by molar-refractivity contribution is -0.140. The van der Waals surface area contributed by atoms with E-state index in [0.717, 1.165) is 48.9 Å². The number of aliphatic imine (C=N–C) groups is 1. The highest BCUT2D eigenvalue weighted by atomic mass is 32.1. The summed E-state index contributed by atoms with van der Waals surface area (Å²) in [6.45, 7) is 2.89. The second-order valence-corrected chi connectivity index (χ2v) is 7.96. The molecule has 2 heterocycles. The Labute approximate surface area is 166 Å². The standard InChI is InChI=1S/C18H26F3N5OS/c1-2-3-8-22-17-23-9-13(16-25-14(10-28-16)18(19,20)21)15(26-17)24-11-4-6-12(27)7-5-11/h9-12,17,22,24,26-27H,2-8H2,1H3. The van der Waals surface area contributed by atoms with Gasteiger partial charge in [-0.25, -0.2) is 4.98 Å². The number of alkyl halides is 3. The van der Waals surface area contributed by atoms with Crippen LogP contribution in [0.4, 0.5) is 13.2 Å². The third-order valence-electron chi connectivity index (χ3n) is 4.84. The molecule has 1 aromatic heterocycles. The van der Waals surface area contributed by atoms with Crippen molar-refractivity contribution in [3.8, 4) is 0 Å². The summed E-state index contributed by atoms with van der Waals surface area (Å²) in [6.07, 6.45) is 1.59. The molecule has 0 spiro atoms. The van der Waals surface area contributed by atoms with Crippen molar-refractivity contribution in [2.75, 3.05) is 6.54 Å². The Balaban J connectivity index is 1.79. The molecule has 3 rings (SSSR count). The van der Waals surface area contributed by atoms with E-state index < -0.39 is 11.9 Å². The normalized spacial score (nSPS) is 25.7. The first-order valence-corrected chi connectivity index (χ1v) is 10.5. The predicted octanol–water partition coefficient (Wildman–Crippen LogP) is 3.07. The number of aliphatic hydroxyl groups is 1. The number of unbranched alkanes of at least 4 members (excludes halogenated alkanes) is 1. The summed E-state index contributed by atoms with van der Waals surface area (Å²) in [7, 11) is 0. The minimum absolute atomic E-state index is 0.144. The van der Waals surface area contributed by atoms with Crippen LogP contribution in [0.1, 0.15) is 56.2 Å². The lowest BCUT2D eigenvalue weighted by atomic mass is 9.93. The van der Waals surface area contributed by atoms with Gasteiger partial charge < -0.3 is 15.7 Å². The number of allylic oxidation sites excluding steroid dienone is 1. The van der Waals surface area contributed by atoms with Crippen molar-refractivity contribution in [2.24, 2.45) is 4.99 Å². The van der Waals surface area contributed by atoms with Crippen LogP contribution in [-0.4, -0.2) is 41.3 Å². The molecule has 1 aromatic rings. The number of thiazole rings is 1. The number of aromatic nitrogens is 1. The van der Waals surface area contributed by atoms with Gasteiger partial charge in [0, 0.05) is 17.6 Å². The van der Waals surface area contributed by atoms with E-state index in [1.165, 1.54) is 0 Å². The fourth-order valence-electron chi connectivity index (χ4n) is 3.22. The Morgan fingerprint density at radius 2 is 2.04 bits per heavy atom. The molecule has 1 aliphatic heterocycles. The summed E-state index contributed by atoms with van der Waals surface area (Å²) in [6, 6.07) is 0.144. The Morgan fingerprint density at radius 1 is 1.29 bits per heavy atom. The van der Waals surface area contributed by atoms with Crippen molar-refractivity contribution in [3.63, 3.8) is 0 Å². The number of aliphatic hydroxyl groups excluding tert-OH is 1. The van der Waals surface area contributed by atoms with Crippen molar-refractivity contribution in [1.29, 1.82) is 0 Å². The van der Waals surface area contributed by atoms with Gasteiger partial charge in [-0.05, 0) is 38.6 Å². The molecule has 1 unspecified atom stereocenters. The maximum atomic E-state index is 12.9. The van der Waals surface area contributed by atoms with Gasteiger partial charge in [0.15, 0.2) is 12.0 Å². The molecule has 1 aliphatic carbocycles. The molecule has 28 heavy (non-hydrogen) atoms. The highest BCUT2D eigenvalue weighted by molar-refractivity contribution is 7.11.